The Morgan fingerprint density at radius 3 is 2.59 bits per heavy atom. The van der Waals surface area contributed by atoms with Gasteiger partial charge in [-0.1, -0.05) is 0 Å². The SMILES string of the molecule is CCOC(=O)N1CCN2c3ccc([N+](=O)[O-])cc3C[C@@]3(C(=O)NC(=O)N(C(C)(C)C)C3=O)[C@H]2C1. The standard InChI is InChI=1S/C22H27N5O7/c1-5-34-20(31)24-8-9-25-15-7-6-14(27(32)33)10-13(15)11-22(16(25)12-24)17(28)23-19(30)26(18(22)29)21(2,3)4/h6-7,10,16H,5,8-9,11-12H2,1-4H3,(H,23,28,30)/t16-,22+/m1/s1. The summed E-state index contributed by atoms with van der Waals surface area (Å²) in [4.78, 5) is 67.9. The number of amides is 5. The molecule has 182 valence electrons. The average Bonchev–Trinajstić information content (AvgIpc) is 2.75. The van der Waals surface area contributed by atoms with Gasteiger partial charge in [0.2, 0.25) is 11.8 Å². The number of anilines is 1. The molecule has 3 aliphatic heterocycles. The van der Waals surface area contributed by atoms with Gasteiger partial charge in [0.1, 0.15) is 0 Å². The van der Waals surface area contributed by atoms with Gasteiger partial charge in [0.05, 0.1) is 17.6 Å². The lowest BCUT2D eigenvalue weighted by Crippen LogP contribution is -2.77. The zero-order valence-corrected chi connectivity index (χ0v) is 19.5. The van der Waals surface area contributed by atoms with Crippen LogP contribution < -0.4 is 10.2 Å². The maximum absolute atomic E-state index is 14.0. The van der Waals surface area contributed by atoms with Gasteiger partial charge in [-0.3, -0.25) is 29.9 Å². The van der Waals surface area contributed by atoms with Crippen molar-refractivity contribution < 1.29 is 28.8 Å². The number of piperazine rings is 1. The van der Waals surface area contributed by atoms with Crippen LogP contribution in [0.4, 0.5) is 21.0 Å². The van der Waals surface area contributed by atoms with Gasteiger partial charge >= 0.3 is 12.1 Å². The summed E-state index contributed by atoms with van der Waals surface area (Å²) in [6, 6.07) is 2.72. The number of benzene rings is 1. The van der Waals surface area contributed by atoms with Crippen molar-refractivity contribution in [1.29, 1.82) is 0 Å². The number of hydrogen-bond acceptors (Lipinski definition) is 8. The van der Waals surface area contributed by atoms with E-state index in [1.807, 2.05) is 4.90 Å². The predicted molar refractivity (Wildman–Crippen MR) is 119 cm³/mol. The van der Waals surface area contributed by atoms with Crippen LogP contribution in [0, 0.1) is 15.5 Å². The van der Waals surface area contributed by atoms with E-state index in [2.05, 4.69) is 5.32 Å². The van der Waals surface area contributed by atoms with Crippen LogP contribution in [0.5, 0.6) is 0 Å². The van der Waals surface area contributed by atoms with Crippen LogP contribution >= 0.6 is 0 Å². The summed E-state index contributed by atoms with van der Waals surface area (Å²) in [6.07, 6.45) is -0.703. The van der Waals surface area contributed by atoms with Crippen molar-refractivity contribution in [3.8, 4) is 0 Å². The number of nitro benzene ring substituents is 1. The second kappa shape index (κ2) is 7.96. The minimum absolute atomic E-state index is 0.0145. The van der Waals surface area contributed by atoms with Crippen LogP contribution in [0.15, 0.2) is 18.2 Å². The first kappa shape index (κ1) is 23.5. The van der Waals surface area contributed by atoms with E-state index in [1.165, 1.54) is 17.0 Å². The van der Waals surface area contributed by atoms with E-state index in [4.69, 9.17) is 4.74 Å². The number of nitrogens with zero attached hydrogens (tertiary/aromatic N) is 4. The van der Waals surface area contributed by atoms with Crippen LogP contribution in [-0.4, -0.2) is 76.5 Å². The summed E-state index contributed by atoms with van der Waals surface area (Å²) < 4.78 is 5.14. The fourth-order valence-electron chi connectivity index (χ4n) is 5.11. The highest BCUT2D eigenvalue weighted by Gasteiger charge is 2.64. The molecule has 1 aromatic rings. The number of ether oxygens (including phenoxy) is 1. The normalized spacial score (nSPS) is 24.5. The van der Waals surface area contributed by atoms with E-state index in [0.29, 0.717) is 11.3 Å². The molecule has 1 N–H and O–H groups in total. The van der Waals surface area contributed by atoms with Gasteiger partial charge in [0.15, 0.2) is 5.41 Å². The molecule has 1 aromatic carbocycles. The van der Waals surface area contributed by atoms with Crippen molar-refractivity contribution in [2.45, 2.75) is 45.7 Å². The molecule has 2 fully saturated rings. The zero-order chi connectivity index (χ0) is 25.0. The Labute approximate surface area is 195 Å². The Balaban J connectivity index is 1.88. The number of nitrogens with one attached hydrogen (secondary N) is 1. The third-order valence-electron chi connectivity index (χ3n) is 6.61. The van der Waals surface area contributed by atoms with Gasteiger partial charge < -0.3 is 14.5 Å². The number of imide groups is 2. The number of rotatable bonds is 2. The minimum atomic E-state index is -1.77. The van der Waals surface area contributed by atoms with Crippen LogP contribution in [0.25, 0.3) is 0 Å². The molecule has 1 spiro atoms. The molecule has 0 aromatic heterocycles. The molecule has 0 bridgehead atoms. The van der Waals surface area contributed by atoms with Crippen LogP contribution in [0.3, 0.4) is 0 Å². The van der Waals surface area contributed by atoms with Crippen molar-refractivity contribution >= 4 is 35.3 Å². The van der Waals surface area contributed by atoms with E-state index in [9.17, 15) is 29.3 Å². The smallest absolute Gasteiger partial charge is 0.409 e. The Hall–Kier alpha value is -3.70. The van der Waals surface area contributed by atoms with Crippen molar-refractivity contribution in [3.05, 3.63) is 33.9 Å². The van der Waals surface area contributed by atoms with E-state index in [-0.39, 0.29) is 38.3 Å². The van der Waals surface area contributed by atoms with E-state index in [1.54, 1.807) is 33.8 Å². The Morgan fingerprint density at radius 2 is 1.97 bits per heavy atom. The molecular weight excluding hydrogens is 446 g/mol. The highest BCUT2D eigenvalue weighted by Crippen LogP contribution is 2.47. The number of fused-ring (bicyclic) bond motifs is 4. The second-order valence-corrected chi connectivity index (χ2v) is 9.64. The van der Waals surface area contributed by atoms with Gasteiger partial charge in [0.25, 0.3) is 5.69 Å². The lowest BCUT2D eigenvalue weighted by Gasteiger charge is -2.56. The summed E-state index contributed by atoms with van der Waals surface area (Å²) in [7, 11) is 0. The van der Waals surface area contributed by atoms with Crippen LogP contribution in [-0.2, 0) is 20.7 Å². The number of carbonyl (C=O) groups excluding carboxylic acids is 4. The maximum atomic E-state index is 14.0. The predicted octanol–water partition coefficient (Wildman–Crippen LogP) is 1.66. The summed E-state index contributed by atoms with van der Waals surface area (Å²) in [6.45, 7) is 7.47. The fourth-order valence-corrected chi connectivity index (χ4v) is 5.11. The number of hydrogen-bond donors (Lipinski definition) is 1. The summed E-state index contributed by atoms with van der Waals surface area (Å²) >= 11 is 0. The van der Waals surface area contributed by atoms with Gasteiger partial charge in [0, 0.05) is 49.4 Å². The van der Waals surface area contributed by atoms with Gasteiger partial charge in [-0.25, -0.2) is 9.59 Å². The minimum Gasteiger partial charge on any atom is -0.450 e. The summed E-state index contributed by atoms with van der Waals surface area (Å²) in [5.74, 6) is -1.47. The van der Waals surface area contributed by atoms with Crippen molar-refractivity contribution in [3.63, 3.8) is 0 Å². The quantitative estimate of drug-likeness (QED) is 0.388. The average molecular weight is 473 g/mol. The maximum Gasteiger partial charge on any atom is 0.409 e. The first-order valence-electron chi connectivity index (χ1n) is 11.1. The molecule has 4 rings (SSSR count). The lowest BCUT2D eigenvalue weighted by atomic mass is 9.67. The molecule has 0 unspecified atom stereocenters. The number of non-ortho nitro benzene ring substituents is 1. The molecule has 12 heteroatoms. The molecule has 0 aliphatic carbocycles. The molecule has 34 heavy (non-hydrogen) atoms. The third kappa shape index (κ3) is 3.44. The monoisotopic (exact) mass is 473 g/mol. The first-order valence-corrected chi connectivity index (χ1v) is 11.1. The van der Waals surface area contributed by atoms with Crippen LogP contribution in [0.1, 0.15) is 33.3 Å². The Kier molecular flexibility index (Phi) is 5.49. The highest BCUT2D eigenvalue weighted by molar-refractivity contribution is 6.20. The van der Waals surface area contributed by atoms with Crippen LogP contribution in [0.2, 0.25) is 0 Å². The molecule has 2 atom stereocenters. The molecule has 2 saturated heterocycles. The van der Waals surface area contributed by atoms with E-state index in [0.717, 1.165) is 4.90 Å². The van der Waals surface area contributed by atoms with Crippen molar-refractivity contribution in [2.75, 3.05) is 31.1 Å². The van der Waals surface area contributed by atoms with Crippen molar-refractivity contribution in [2.24, 2.45) is 5.41 Å². The van der Waals surface area contributed by atoms with E-state index >= 15 is 0 Å². The molecular formula is C22H27N5O7. The van der Waals surface area contributed by atoms with Crippen molar-refractivity contribution in [1.82, 2.24) is 15.1 Å². The molecule has 3 heterocycles. The first-order chi connectivity index (χ1) is 15.9. The third-order valence-corrected chi connectivity index (χ3v) is 6.61. The molecule has 0 radical (unpaired) electrons. The van der Waals surface area contributed by atoms with E-state index < -0.39 is 45.9 Å². The zero-order valence-electron chi connectivity index (χ0n) is 19.5. The van der Waals surface area contributed by atoms with Gasteiger partial charge in [-0.15, -0.1) is 0 Å². The van der Waals surface area contributed by atoms with Gasteiger partial charge in [-0.2, -0.15) is 0 Å². The summed E-state index contributed by atoms with van der Waals surface area (Å²) in [5, 5.41) is 13.7. The Morgan fingerprint density at radius 1 is 1.26 bits per heavy atom. The molecule has 3 aliphatic rings. The number of urea groups is 1. The fraction of sp³-hybridized carbons (Fsp3) is 0.545. The number of nitro groups is 1. The number of barbiturate groups is 1. The topological polar surface area (TPSA) is 142 Å². The largest absolute Gasteiger partial charge is 0.450 e. The Bertz CT molecular complexity index is 1100. The second-order valence-electron chi connectivity index (χ2n) is 9.64. The highest BCUT2D eigenvalue weighted by atomic mass is 16.6. The molecule has 5 amide bonds. The number of carbonyl (C=O) groups is 4. The molecule has 12 nitrogen and oxygen atoms in total. The van der Waals surface area contributed by atoms with Gasteiger partial charge in [-0.05, 0) is 39.3 Å². The molecule has 0 saturated carbocycles. The lowest BCUT2D eigenvalue weighted by molar-refractivity contribution is -0.384. The summed E-state index contributed by atoms with van der Waals surface area (Å²) in [5.41, 5.74) is -1.75.